The number of rotatable bonds is 6. The van der Waals surface area contributed by atoms with Gasteiger partial charge >= 0.3 is 0 Å². The van der Waals surface area contributed by atoms with Gasteiger partial charge in [-0.05, 0) is 71.3 Å². The van der Waals surface area contributed by atoms with Crippen molar-refractivity contribution in [3.8, 4) is 50.4 Å². The second kappa shape index (κ2) is 14.1. The van der Waals surface area contributed by atoms with Gasteiger partial charge in [0.1, 0.15) is 0 Å². The number of benzene rings is 10. The van der Waals surface area contributed by atoms with E-state index >= 15 is 0 Å². The van der Waals surface area contributed by atoms with Gasteiger partial charge in [-0.2, -0.15) is 0 Å². The molecule has 0 bridgehead atoms. The maximum Gasteiger partial charge on any atom is 0.0641 e. The number of hydrogen-bond donors (Lipinski definition) is 0. The van der Waals surface area contributed by atoms with Crippen molar-refractivity contribution in [1.29, 1.82) is 0 Å². The normalized spacial score (nSPS) is 11.8. The van der Waals surface area contributed by atoms with Crippen LogP contribution in [0.15, 0.2) is 237 Å². The van der Waals surface area contributed by atoms with E-state index in [1.165, 1.54) is 104 Å². The molecule has 0 fully saturated rings. The Morgan fingerprint density at radius 3 is 1.43 bits per heavy atom. The zero-order valence-corrected chi connectivity index (χ0v) is 34.4. The Labute approximate surface area is 364 Å². The molecule has 294 valence electrons. The van der Waals surface area contributed by atoms with Crippen LogP contribution in [0.1, 0.15) is 0 Å². The number of para-hydroxylation sites is 6. The lowest BCUT2D eigenvalue weighted by Crippen LogP contribution is -2.01. The summed E-state index contributed by atoms with van der Waals surface area (Å²) in [6.07, 6.45) is 0. The second-order valence-electron chi connectivity index (χ2n) is 16.4. The van der Waals surface area contributed by atoms with E-state index in [0.29, 0.717) is 0 Å². The third-order valence-electron chi connectivity index (χ3n) is 13.0. The predicted octanol–water partition coefficient (Wildman–Crippen LogP) is 16.0. The summed E-state index contributed by atoms with van der Waals surface area (Å²) in [7, 11) is 0. The van der Waals surface area contributed by atoms with E-state index in [4.69, 9.17) is 0 Å². The van der Waals surface area contributed by atoms with E-state index < -0.39 is 0 Å². The Morgan fingerprint density at radius 1 is 0.254 bits per heavy atom. The molecule has 63 heavy (non-hydrogen) atoms. The van der Waals surface area contributed by atoms with Crippen molar-refractivity contribution in [2.45, 2.75) is 0 Å². The monoisotopic (exact) mass is 801 g/mol. The molecule has 0 amide bonds. The molecule has 0 atom stereocenters. The van der Waals surface area contributed by atoms with Crippen LogP contribution >= 0.6 is 0 Å². The second-order valence-corrected chi connectivity index (χ2v) is 16.4. The fourth-order valence-electron chi connectivity index (χ4n) is 10.4. The summed E-state index contributed by atoms with van der Waals surface area (Å²) in [5.41, 5.74) is 17.7. The summed E-state index contributed by atoms with van der Waals surface area (Å²) in [6, 6.07) is 86.4. The van der Waals surface area contributed by atoms with Crippen LogP contribution in [0.25, 0.3) is 116 Å². The molecule has 0 saturated carbocycles. The molecule has 0 aliphatic rings. The van der Waals surface area contributed by atoms with Crippen molar-refractivity contribution in [3.63, 3.8) is 0 Å². The minimum atomic E-state index is 1.15. The molecule has 0 radical (unpaired) electrons. The molecule has 13 aromatic rings. The third-order valence-corrected chi connectivity index (χ3v) is 13.0. The summed E-state index contributed by atoms with van der Waals surface area (Å²) in [5, 5.41) is 7.42. The van der Waals surface area contributed by atoms with Crippen LogP contribution in [-0.4, -0.2) is 13.7 Å². The molecule has 3 aromatic heterocycles. The highest BCUT2D eigenvalue weighted by Crippen LogP contribution is 2.45. The summed E-state index contributed by atoms with van der Waals surface area (Å²) in [4.78, 5) is 0. The minimum absolute atomic E-state index is 1.15. The van der Waals surface area contributed by atoms with Gasteiger partial charge in [0.05, 0.1) is 44.5 Å². The van der Waals surface area contributed by atoms with Crippen molar-refractivity contribution in [2.24, 2.45) is 0 Å². The molecule has 3 heteroatoms. The van der Waals surface area contributed by atoms with Crippen molar-refractivity contribution >= 4 is 65.4 Å². The molecule has 0 N–H and O–H groups in total. The SMILES string of the molecule is c1ccc(-c2cccc(-c3ccccc3)c2-n2c3ccccc3c3cc(-c4ccccc4-n4c5ccccc5c5ccc6c(c7ccccc7n6-c6ccccc6)c54)ccc32)cc1. The molecule has 3 heterocycles. The van der Waals surface area contributed by atoms with Gasteiger partial charge < -0.3 is 13.7 Å². The van der Waals surface area contributed by atoms with E-state index in [1.54, 1.807) is 0 Å². The zero-order chi connectivity index (χ0) is 41.4. The van der Waals surface area contributed by atoms with Crippen LogP contribution in [0.4, 0.5) is 0 Å². The van der Waals surface area contributed by atoms with E-state index in [2.05, 4.69) is 250 Å². The molecule has 0 aliphatic heterocycles. The van der Waals surface area contributed by atoms with Crippen LogP contribution in [0.3, 0.4) is 0 Å². The standard InChI is InChI=1S/C60H39N3/c1-4-19-40(20-5-1)45-29-18-30-46(41-21-6-2-7-22-41)59(45)62-54-33-16-12-27-48(54)51-39-42(35-37-56(51)62)44-25-10-14-31-52(44)63-53-32-15-11-26-47(53)49-36-38-57-58(60(49)63)50-28-13-17-34-55(50)61(57)43-23-8-3-9-24-43/h1-39H. The van der Waals surface area contributed by atoms with E-state index in [9.17, 15) is 0 Å². The van der Waals surface area contributed by atoms with Gasteiger partial charge in [-0.15, -0.1) is 0 Å². The largest absolute Gasteiger partial charge is 0.309 e. The first-order valence-corrected chi connectivity index (χ1v) is 21.7. The maximum absolute atomic E-state index is 2.53. The molecule has 3 nitrogen and oxygen atoms in total. The fourth-order valence-corrected chi connectivity index (χ4v) is 10.4. The number of hydrogen-bond acceptors (Lipinski definition) is 0. The first-order chi connectivity index (χ1) is 31.3. The molecular formula is C60H39N3. The summed E-state index contributed by atoms with van der Waals surface area (Å²) < 4.78 is 7.44. The Kier molecular flexibility index (Phi) is 7.91. The van der Waals surface area contributed by atoms with E-state index in [-0.39, 0.29) is 0 Å². The van der Waals surface area contributed by atoms with Crippen LogP contribution in [-0.2, 0) is 0 Å². The maximum atomic E-state index is 2.53. The Hall–Kier alpha value is -8.40. The van der Waals surface area contributed by atoms with Gasteiger partial charge in [0, 0.05) is 54.7 Å². The Balaban J connectivity index is 1.09. The van der Waals surface area contributed by atoms with Gasteiger partial charge in [-0.1, -0.05) is 182 Å². The smallest absolute Gasteiger partial charge is 0.0641 e. The van der Waals surface area contributed by atoms with Crippen molar-refractivity contribution in [1.82, 2.24) is 13.7 Å². The van der Waals surface area contributed by atoms with Crippen molar-refractivity contribution < 1.29 is 0 Å². The van der Waals surface area contributed by atoms with E-state index in [1.807, 2.05) is 0 Å². The first-order valence-electron chi connectivity index (χ1n) is 21.7. The van der Waals surface area contributed by atoms with Gasteiger partial charge in [-0.3, -0.25) is 0 Å². The Morgan fingerprint density at radius 2 is 0.746 bits per heavy atom. The number of aromatic nitrogens is 3. The Bertz CT molecular complexity index is 3830. The highest BCUT2D eigenvalue weighted by Gasteiger charge is 2.24. The first kappa shape index (κ1) is 35.4. The molecule has 0 aliphatic carbocycles. The molecule has 13 rings (SSSR count). The van der Waals surface area contributed by atoms with Crippen LogP contribution < -0.4 is 0 Å². The van der Waals surface area contributed by atoms with Gasteiger partial charge in [-0.25, -0.2) is 0 Å². The van der Waals surface area contributed by atoms with Crippen LogP contribution in [0, 0.1) is 0 Å². The summed E-state index contributed by atoms with van der Waals surface area (Å²) in [6.45, 7) is 0. The highest BCUT2D eigenvalue weighted by atomic mass is 15.0. The lowest BCUT2D eigenvalue weighted by atomic mass is 9.95. The molecule has 10 aromatic carbocycles. The average Bonchev–Trinajstić information content (AvgIpc) is 4.00. The molecule has 0 spiro atoms. The van der Waals surface area contributed by atoms with Crippen molar-refractivity contribution in [2.75, 3.05) is 0 Å². The van der Waals surface area contributed by atoms with Crippen molar-refractivity contribution in [3.05, 3.63) is 237 Å². The number of nitrogens with zero attached hydrogens (tertiary/aromatic N) is 3. The quantitative estimate of drug-likeness (QED) is 0.159. The minimum Gasteiger partial charge on any atom is -0.309 e. The van der Waals surface area contributed by atoms with Gasteiger partial charge in [0.25, 0.3) is 0 Å². The predicted molar refractivity (Wildman–Crippen MR) is 266 cm³/mol. The topological polar surface area (TPSA) is 14.8 Å². The fraction of sp³-hybridized carbons (Fsp3) is 0. The zero-order valence-electron chi connectivity index (χ0n) is 34.4. The average molecular weight is 802 g/mol. The summed E-state index contributed by atoms with van der Waals surface area (Å²) in [5.74, 6) is 0. The van der Waals surface area contributed by atoms with E-state index in [0.717, 1.165) is 11.4 Å². The molecule has 0 saturated heterocycles. The third kappa shape index (κ3) is 5.33. The molecule has 0 unspecified atom stereocenters. The number of fused-ring (bicyclic) bond motifs is 10. The van der Waals surface area contributed by atoms with Gasteiger partial charge in [0.2, 0.25) is 0 Å². The van der Waals surface area contributed by atoms with Crippen LogP contribution in [0.5, 0.6) is 0 Å². The lowest BCUT2D eigenvalue weighted by molar-refractivity contribution is 1.17. The van der Waals surface area contributed by atoms with Crippen LogP contribution in [0.2, 0.25) is 0 Å². The van der Waals surface area contributed by atoms with Gasteiger partial charge in [0.15, 0.2) is 0 Å². The lowest BCUT2D eigenvalue weighted by Gasteiger charge is -2.19. The highest BCUT2D eigenvalue weighted by molar-refractivity contribution is 6.26. The summed E-state index contributed by atoms with van der Waals surface area (Å²) >= 11 is 0. The molecular weight excluding hydrogens is 763 g/mol.